The molecule has 1 heterocycles. The van der Waals surface area contributed by atoms with Gasteiger partial charge in [-0.15, -0.1) is 0 Å². The number of halogens is 1. The van der Waals surface area contributed by atoms with Gasteiger partial charge in [0.25, 0.3) is 0 Å². The van der Waals surface area contributed by atoms with Crippen molar-refractivity contribution in [2.24, 2.45) is 11.1 Å². The summed E-state index contributed by atoms with van der Waals surface area (Å²) in [7, 11) is 2.93. The Hall–Kier alpha value is -3.46. The van der Waals surface area contributed by atoms with E-state index >= 15 is 0 Å². The molecule has 1 aliphatic rings. The van der Waals surface area contributed by atoms with Crippen molar-refractivity contribution in [3.63, 3.8) is 0 Å². The molecule has 9 nitrogen and oxygen atoms in total. The first-order valence-corrected chi connectivity index (χ1v) is 11.0. The predicted molar refractivity (Wildman–Crippen MR) is 130 cm³/mol. The predicted octanol–water partition coefficient (Wildman–Crippen LogP) is 3.64. The molecule has 34 heavy (non-hydrogen) atoms. The lowest BCUT2D eigenvalue weighted by Crippen LogP contribution is -2.60. The van der Waals surface area contributed by atoms with Gasteiger partial charge in [-0.3, -0.25) is 14.5 Å². The summed E-state index contributed by atoms with van der Waals surface area (Å²) in [6.07, 6.45) is 0. The Bertz CT molecular complexity index is 1120. The molecule has 0 fully saturated rings. The van der Waals surface area contributed by atoms with Crippen LogP contribution in [0.1, 0.15) is 26.3 Å². The third-order valence-electron chi connectivity index (χ3n) is 5.55. The van der Waals surface area contributed by atoms with Crippen LogP contribution in [0.4, 0.5) is 16.2 Å². The molecule has 0 aliphatic carbocycles. The Morgan fingerprint density at radius 1 is 1.15 bits per heavy atom. The molecule has 2 aromatic rings. The first-order chi connectivity index (χ1) is 16.0. The number of methoxy groups -OCH3 is 2. The van der Waals surface area contributed by atoms with Crippen LogP contribution in [0.3, 0.4) is 0 Å². The number of carbonyl (C=O) groups is 3. The molecule has 0 saturated carbocycles. The summed E-state index contributed by atoms with van der Waals surface area (Å²) in [5.74, 6) is -0.340. The molecular weight excluding hydrogens is 460 g/mol. The number of nitrogens with one attached hydrogen (secondary N) is 1. The van der Waals surface area contributed by atoms with Crippen LogP contribution in [-0.4, -0.2) is 49.6 Å². The van der Waals surface area contributed by atoms with Gasteiger partial charge in [-0.05, 0) is 23.1 Å². The van der Waals surface area contributed by atoms with Gasteiger partial charge >= 0.3 is 6.03 Å². The number of urea groups is 1. The van der Waals surface area contributed by atoms with Crippen molar-refractivity contribution < 1.29 is 23.9 Å². The highest BCUT2D eigenvalue weighted by Gasteiger charge is 2.42. The number of benzene rings is 2. The number of rotatable bonds is 7. The van der Waals surface area contributed by atoms with Crippen LogP contribution in [-0.2, 0) is 16.1 Å². The number of nitrogens with two attached hydrogens (primary N) is 1. The number of para-hydroxylation sites is 1. The number of nitrogens with zero attached hydrogens (tertiary/aromatic N) is 2. The van der Waals surface area contributed by atoms with Gasteiger partial charge in [0.05, 0.1) is 37.2 Å². The number of anilines is 2. The molecule has 0 radical (unpaired) electrons. The van der Waals surface area contributed by atoms with E-state index in [4.69, 9.17) is 26.8 Å². The van der Waals surface area contributed by atoms with Crippen LogP contribution in [0.25, 0.3) is 0 Å². The van der Waals surface area contributed by atoms with Crippen LogP contribution in [0, 0.1) is 5.41 Å². The summed E-state index contributed by atoms with van der Waals surface area (Å²) in [6.45, 7) is 5.43. The van der Waals surface area contributed by atoms with Crippen LogP contribution in [0.15, 0.2) is 36.4 Å². The molecule has 182 valence electrons. The van der Waals surface area contributed by atoms with Gasteiger partial charge in [0.2, 0.25) is 11.8 Å². The Morgan fingerprint density at radius 3 is 2.38 bits per heavy atom. The Morgan fingerprint density at radius 2 is 1.79 bits per heavy atom. The minimum Gasteiger partial charge on any atom is -0.495 e. The standard InChI is InChI=1S/C24H29ClN4O5/c1-24(2,3)21(22(26)31)29-12-14-8-6-7-9-17(14)28(23(29)32)13-20(30)27-16-10-15(25)18(33-4)11-19(16)34-5/h6-11,21H,12-13H2,1-5H3,(H2,26,31)(H,27,30). The number of fused-ring (bicyclic) bond motifs is 1. The SMILES string of the molecule is COc1cc(OC)c(NC(=O)CN2C(=O)N(C(C(N)=O)C(C)(C)C)Cc3ccccc32)cc1Cl. The van der Waals surface area contributed by atoms with Crippen molar-refractivity contribution in [1.82, 2.24) is 4.90 Å². The third kappa shape index (κ3) is 5.04. The van der Waals surface area contributed by atoms with E-state index in [2.05, 4.69) is 5.32 Å². The van der Waals surface area contributed by atoms with Crippen LogP contribution in [0.5, 0.6) is 11.5 Å². The molecule has 0 spiro atoms. The second-order valence-corrected chi connectivity index (χ2v) is 9.44. The molecule has 1 atom stereocenters. The summed E-state index contributed by atoms with van der Waals surface area (Å²) >= 11 is 6.20. The van der Waals surface area contributed by atoms with Gasteiger partial charge in [-0.25, -0.2) is 4.79 Å². The van der Waals surface area contributed by atoms with Crippen molar-refractivity contribution >= 4 is 40.8 Å². The zero-order chi connectivity index (χ0) is 25.2. The van der Waals surface area contributed by atoms with Crippen molar-refractivity contribution in [2.75, 3.05) is 31.0 Å². The van der Waals surface area contributed by atoms with Gasteiger partial charge in [0, 0.05) is 6.07 Å². The molecule has 2 aromatic carbocycles. The number of amides is 4. The van der Waals surface area contributed by atoms with Crippen LogP contribution in [0.2, 0.25) is 5.02 Å². The number of hydrogen-bond acceptors (Lipinski definition) is 5. The zero-order valence-electron chi connectivity index (χ0n) is 19.8. The summed E-state index contributed by atoms with van der Waals surface area (Å²) in [6, 6.07) is 8.97. The molecule has 3 rings (SSSR count). The van der Waals surface area contributed by atoms with Gasteiger partial charge in [-0.1, -0.05) is 50.6 Å². The van der Waals surface area contributed by atoms with Gasteiger partial charge in [0.1, 0.15) is 24.1 Å². The summed E-state index contributed by atoms with van der Waals surface area (Å²) in [5, 5.41) is 3.03. The molecule has 3 N–H and O–H groups in total. The fraction of sp³-hybridized carbons (Fsp3) is 0.375. The monoisotopic (exact) mass is 488 g/mol. The van der Waals surface area contributed by atoms with Crippen molar-refractivity contribution in [2.45, 2.75) is 33.4 Å². The van der Waals surface area contributed by atoms with Crippen molar-refractivity contribution in [3.05, 3.63) is 47.0 Å². The first-order valence-electron chi connectivity index (χ1n) is 10.6. The fourth-order valence-corrected chi connectivity index (χ4v) is 4.35. The smallest absolute Gasteiger partial charge is 0.325 e. The second kappa shape index (κ2) is 9.80. The average molecular weight is 489 g/mol. The highest BCUT2D eigenvalue weighted by molar-refractivity contribution is 6.32. The maximum Gasteiger partial charge on any atom is 0.325 e. The van der Waals surface area contributed by atoms with E-state index in [0.29, 0.717) is 27.9 Å². The molecule has 1 aliphatic heterocycles. The van der Waals surface area contributed by atoms with Gasteiger partial charge < -0.3 is 25.4 Å². The average Bonchev–Trinajstić information content (AvgIpc) is 2.75. The van der Waals surface area contributed by atoms with E-state index in [-0.39, 0.29) is 13.1 Å². The highest BCUT2D eigenvalue weighted by Crippen LogP contribution is 2.37. The lowest BCUT2D eigenvalue weighted by atomic mass is 9.84. The van der Waals surface area contributed by atoms with Crippen molar-refractivity contribution in [1.29, 1.82) is 0 Å². The Labute approximate surface area is 203 Å². The Balaban J connectivity index is 1.92. The molecule has 0 saturated heterocycles. The molecule has 0 bridgehead atoms. The van der Waals surface area contributed by atoms with Crippen LogP contribution >= 0.6 is 11.6 Å². The third-order valence-corrected chi connectivity index (χ3v) is 5.85. The summed E-state index contributed by atoms with van der Waals surface area (Å²) in [5.41, 5.74) is 6.81. The van der Waals surface area contributed by atoms with E-state index in [9.17, 15) is 14.4 Å². The van der Waals surface area contributed by atoms with E-state index in [1.54, 1.807) is 18.2 Å². The van der Waals surface area contributed by atoms with Gasteiger partial charge in [-0.2, -0.15) is 0 Å². The normalized spacial score (nSPS) is 14.4. The van der Waals surface area contributed by atoms with Crippen molar-refractivity contribution in [3.8, 4) is 11.5 Å². The maximum atomic E-state index is 13.5. The van der Waals surface area contributed by atoms with E-state index in [0.717, 1.165) is 5.56 Å². The number of ether oxygens (including phenoxy) is 2. The highest BCUT2D eigenvalue weighted by atomic mass is 35.5. The lowest BCUT2D eigenvalue weighted by Gasteiger charge is -2.44. The minimum absolute atomic E-state index is 0.208. The molecule has 0 aromatic heterocycles. The molecule has 10 heteroatoms. The largest absolute Gasteiger partial charge is 0.495 e. The molecular formula is C24H29ClN4O5. The number of primary amides is 1. The number of hydrogen-bond donors (Lipinski definition) is 2. The zero-order valence-corrected chi connectivity index (χ0v) is 20.6. The fourth-order valence-electron chi connectivity index (χ4n) is 4.11. The molecule has 1 unspecified atom stereocenters. The summed E-state index contributed by atoms with van der Waals surface area (Å²) < 4.78 is 10.5. The first kappa shape index (κ1) is 25.2. The van der Waals surface area contributed by atoms with E-state index in [1.165, 1.54) is 30.1 Å². The summed E-state index contributed by atoms with van der Waals surface area (Å²) in [4.78, 5) is 41.6. The van der Waals surface area contributed by atoms with Crippen LogP contribution < -0.4 is 25.4 Å². The quantitative estimate of drug-likeness (QED) is 0.617. The Kier molecular flexibility index (Phi) is 7.26. The van der Waals surface area contributed by atoms with E-state index in [1.807, 2.05) is 32.9 Å². The minimum atomic E-state index is -0.862. The molecule has 4 amide bonds. The van der Waals surface area contributed by atoms with Gasteiger partial charge in [0.15, 0.2) is 0 Å². The van der Waals surface area contributed by atoms with E-state index < -0.39 is 29.3 Å². The number of carbonyl (C=O) groups excluding carboxylic acids is 3. The lowest BCUT2D eigenvalue weighted by molar-refractivity contribution is -0.125. The second-order valence-electron chi connectivity index (χ2n) is 9.03. The topological polar surface area (TPSA) is 114 Å². The maximum absolute atomic E-state index is 13.5.